The van der Waals surface area contributed by atoms with Crippen molar-refractivity contribution in [3.05, 3.63) is 30.1 Å². The number of hydrogen-bond acceptors (Lipinski definition) is 3. The highest BCUT2D eigenvalue weighted by molar-refractivity contribution is 5.75. The van der Waals surface area contributed by atoms with Gasteiger partial charge in [0, 0.05) is 33.0 Å². The van der Waals surface area contributed by atoms with Gasteiger partial charge in [-0.2, -0.15) is 0 Å². The highest BCUT2D eigenvalue weighted by Gasteiger charge is 2.34. The Labute approximate surface area is 148 Å². The van der Waals surface area contributed by atoms with Gasteiger partial charge in [0.15, 0.2) is 0 Å². The van der Waals surface area contributed by atoms with Gasteiger partial charge in [0.1, 0.15) is 5.82 Å². The number of carboxylic acids is 1. The summed E-state index contributed by atoms with van der Waals surface area (Å²) in [6, 6.07) is 8.21. The molecule has 2 atom stereocenters. The second kappa shape index (κ2) is 6.79. The summed E-state index contributed by atoms with van der Waals surface area (Å²) < 4.78 is 2.17. The Bertz CT molecular complexity index is 765. The zero-order valence-corrected chi connectivity index (χ0v) is 14.9. The van der Waals surface area contributed by atoms with Crippen LogP contribution in [-0.2, 0) is 18.3 Å². The lowest BCUT2D eigenvalue weighted by Crippen LogP contribution is -2.43. The third-order valence-electron chi connectivity index (χ3n) is 5.95. The van der Waals surface area contributed by atoms with Crippen LogP contribution >= 0.6 is 0 Å². The molecule has 1 saturated carbocycles. The van der Waals surface area contributed by atoms with Crippen molar-refractivity contribution in [2.75, 3.05) is 19.6 Å². The van der Waals surface area contributed by atoms with Gasteiger partial charge in [-0.15, -0.1) is 0 Å². The average Bonchev–Trinajstić information content (AvgIpc) is 3.34. The molecule has 2 aliphatic rings. The summed E-state index contributed by atoms with van der Waals surface area (Å²) >= 11 is 0. The minimum atomic E-state index is -0.671. The van der Waals surface area contributed by atoms with Crippen LogP contribution in [0.5, 0.6) is 0 Å². The van der Waals surface area contributed by atoms with Gasteiger partial charge in [0.05, 0.1) is 11.0 Å². The molecule has 2 unspecified atom stereocenters. The number of nitrogens with zero attached hydrogens (tertiary/aromatic N) is 3. The summed E-state index contributed by atoms with van der Waals surface area (Å²) in [5.41, 5.74) is 2.18. The van der Waals surface area contributed by atoms with Crippen molar-refractivity contribution in [2.45, 2.75) is 32.1 Å². The van der Waals surface area contributed by atoms with Crippen molar-refractivity contribution < 1.29 is 9.90 Å². The predicted octanol–water partition coefficient (Wildman–Crippen LogP) is 2.94. The van der Waals surface area contributed by atoms with Crippen LogP contribution in [0.4, 0.5) is 0 Å². The van der Waals surface area contributed by atoms with Gasteiger partial charge in [0.25, 0.3) is 0 Å². The number of aliphatic carboxylic acids is 1. The largest absolute Gasteiger partial charge is 0.481 e. The Kier molecular flexibility index (Phi) is 4.50. The summed E-state index contributed by atoms with van der Waals surface area (Å²) in [7, 11) is 2.07. The van der Waals surface area contributed by atoms with E-state index in [1.54, 1.807) is 0 Å². The van der Waals surface area contributed by atoms with Crippen LogP contribution in [0.2, 0.25) is 0 Å². The molecule has 5 heteroatoms. The van der Waals surface area contributed by atoms with Crippen molar-refractivity contribution in [1.29, 1.82) is 0 Å². The minimum Gasteiger partial charge on any atom is -0.481 e. The van der Waals surface area contributed by atoms with Crippen LogP contribution in [0, 0.1) is 17.8 Å². The molecule has 1 aliphatic carbocycles. The van der Waals surface area contributed by atoms with E-state index < -0.39 is 5.97 Å². The van der Waals surface area contributed by atoms with Crippen molar-refractivity contribution in [1.82, 2.24) is 14.5 Å². The van der Waals surface area contributed by atoms with Crippen LogP contribution in [0.1, 0.15) is 31.5 Å². The van der Waals surface area contributed by atoms with Crippen molar-refractivity contribution in [3.63, 3.8) is 0 Å². The van der Waals surface area contributed by atoms with Gasteiger partial charge in [-0.1, -0.05) is 12.1 Å². The highest BCUT2D eigenvalue weighted by Crippen LogP contribution is 2.34. The van der Waals surface area contributed by atoms with Crippen molar-refractivity contribution >= 4 is 17.0 Å². The third-order valence-corrected chi connectivity index (χ3v) is 5.95. The van der Waals surface area contributed by atoms with E-state index in [1.807, 2.05) is 18.2 Å². The van der Waals surface area contributed by atoms with Gasteiger partial charge in [-0.05, 0) is 55.7 Å². The van der Waals surface area contributed by atoms with E-state index >= 15 is 0 Å². The first kappa shape index (κ1) is 16.6. The van der Waals surface area contributed by atoms with E-state index in [1.165, 1.54) is 19.4 Å². The molecule has 5 nitrogen and oxygen atoms in total. The van der Waals surface area contributed by atoms with Gasteiger partial charge in [-0.25, -0.2) is 4.98 Å². The Morgan fingerprint density at radius 1 is 1.24 bits per heavy atom. The molecular formula is C20H27N3O2. The molecular weight excluding hydrogens is 314 g/mol. The summed E-state index contributed by atoms with van der Waals surface area (Å²) in [4.78, 5) is 18.7. The van der Waals surface area contributed by atoms with Crippen molar-refractivity contribution in [2.24, 2.45) is 24.8 Å². The molecule has 2 heterocycles. The quantitative estimate of drug-likeness (QED) is 0.878. The maximum atomic E-state index is 11.3. The van der Waals surface area contributed by atoms with E-state index in [0.29, 0.717) is 5.92 Å². The Morgan fingerprint density at radius 3 is 2.76 bits per heavy atom. The normalized spacial score (nSPS) is 24.7. The number of likely N-dealkylation sites (tertiary alicyclic amines) is 1. The lowest BCUT2D eigenvalue weighted by molar-refractivity contribution is -0.139. The van der Waals surface area contributed by atoms with E-state index in [9.17, 15) is 9.90 Å². The number of carboxylic acid groups (broad SMARTS) is 1. The zero-order valence-electron chi connectivity index (χ0n) is 14.9. The Morgan fingerprint density at radius 2 is 2.04 bits per heavy atom. The van der Waals surface area contributed by atoms with Crippen molar-refractivity contribution in [3.8, 4) is 0 Å². The second-order valence-corrected chi connectivity index (χ2v) is 7.89. The lowest BCUT2D eigenvalue weighted by atomic mass is 9.81. The molecule has 0 amide bonds. The third kappa shape index (κ3) is 3.71. The number of piperidine rings is 1. The Balaban J connectivity index is 1.53. The maximum Gasteiger partial charge on any atom is 0.303 e. The summed E-state index contributed by atoms with van der Waals surface area (Å²) in [6.07, 6.45) is 4.87. The fourth-order valence-electron chi connectivity index (χ4n) is 4.32. The number of benzene rings is 1. The predicted molar refractivity (Wildman–Crippen MR) is 97.4 cm³/mol. The number of hydrogen-bond donors (Lipinski definition) is 1. The number of imidazole rings is 1. The second-order valence-electron chi connectivity index (χ2n) is 7.89. The molecule has 1 aromatic carbocycles. The molecule has 4 rings (SSSR count). The fraction of sp³-hybridized carbons (Fsp3) is 0.600. The molecule has 2 fully saturated rings. The summed E-state index contributed by atoms with van der Waals surface area (Å²) in [5, 5.41) is 9.31. The number of rotatable bonds is 6. The monoisotopic (exact) mass is 341 g/mol. The molecule has 25 heavy (non-hydrogen) atoms. The highest BCUT2D eigenvalue weighted by atomic mass is 16.4. The molecule has 1 aliphatic heterocycles. The van der Waals surface area contributed by atoms with Crippen LogP contribution in [0.3, 0.4) is 0 Å². The van der Waals surface area contributed by atoms with E-state index in [2.05, 4.69) is 22.6 Å². The average molecular weight is 341 g/mol. The summed E-state index contributed by atoms with van der Waals surface area (Å²) in [5.74, 6) is 1.92. The summed E-state index contributed by atoms with van der Waals surface area (Å²) in [6.45, 7) is 3.25. The molecule has 0 radical (unpaired) electrons. The molecule has 0 bridgehead atoms. The van der Waals surface area contributed by atoms with E-state index in [0.717, 1.165) is 48.7 Å². The SMILES string of the molecule is Cn1c(CC2CN(CC3CC3)CCC2CC(=O)O)nc2ccccc21. The zero-order chi connectivity index (χ0) is 17.4. The number of aryl methyl sites for hydroxylation is 1. The Hall–Kier alpha value is -1.88. The van der Waals surface area contributed by atoms with Gasteiger partial charge >= 0.3 is 5.97 Å². The van der Waals surface area contributed by atoms with Crippen LogP contribution in [0.15, 0.2) is 24.3 Å². The van der Waals surface area contributed by atoms with Crippen LogP contribution in [0.25, 0.3) is 11.0 Å². The molecule has 134 valence electrons. The topological polar surface area (TPSA) is 58.4 Å². The fourth-order valence-corrected chi connectivity index (χ4v) is 4.32. The number of fused-ring (bicyclic) bond motifs is 1. The van der Waals surface area contributed by atoms with E-state index in [4.69, 9.17) is 4.98 Å². The smallest absolute Gasteiger partial charge is 0.303 e. The molecule has 1 N–H and O–H groups in total. The first-order valence-electron chi connectivity index (χ1n) is 9.44. The molecule has 0 spiro atoms. The van der Waals surface area contributed by atoms with Gasteiger partial charge in [0.2, 0.25) is 0 Å². The minimum absolute atomic E-state index is 0.257. The molecule has 2 aromatic rings. The number of carbonyl (C=O) groups is 1. The lowest BCUT2D eigenvalue weighted by Gasteiger charge is -2.38. The van der Waals surface area contributed by atoms with Crippen LogP contribution < -0.4 is 0 Å². The van der Waals surface area contributed by atoms with Gasteiger partial charge < -0.3 is 14.6 Å². The van der Waals surface area contributed by atoms with Gasteiger partial charge in [-0.3, -0.25) is 4.79 Å². The maximum absolute atomic E-state index is 11.3. The molecule has 1 aromatic heterocycles. The molecule has 1 saturated heterocycles. The first-order chi connectivity index (χ1) is 12.1. The number of para-hydroxylation sites is 2. The first-order valence-corrected chi connectivity index (χ1v) is 9.44. The number of aromatic nitrogens is 2. The standard InChI is InChI=1S/C20H27N3O2/c1-22-18-5-3-2-4-17(18)21-19(22)10-16-13-23(12-14-6-7-14)9-8-15(16)11-20(24)25/h2-5,14-16H,6-13H2,1H3,(H,24,25). The van der Waals surface area contributed by atoms with Crippen LogP contribution in [-0.4, -0.2) is 45.2 Å². The van der Waals surface area contributed by atoms with E-state index in [-0.39, 0.29) is 12.3 Å².